The minimum absolute atomic E-state index is 0.223. The number of amides is 1. The van der Waals surface area contributed by atoms with E-state index in [2.05, 4.69) is 4.98 Å². The number of carbonyl (C=O) groups is 1. The van der Waals surface area contributed by atoms with Gasteiger partial charge in [-0.3, -0.25) is 4.79 Å². The summed E-state index contributed by atoms with van der Waals surface area (Å²) in [6.07, 6.45) is 2.34. The third-order valence-corrected chi connectivity index (χ3v) is 3.95. The number of carbonyl (C=O) groups excluding carboxylic acids is 1. The van der Waals surface area contributed by atoms with Crippen molar-refractivity contribution in [3.63, 3.8) is 0 Å². The highest BCUT2D eigenvalue weighted by Crippen LogP contribution is 2.38. The molecule has 0 aliphatic carbocycles. The fraction of sp³-hybridized carbons (Fsp3) is 0.294. The van der Waals surface area contributed by atoms with Crippen LogP contribution in [0.1, 0.15) is 16.8 Å². The number of hydrogen-bond donors (Lipinski definition) is 0. The summed E-state index contributed by atoms with van der Waals surface area (Å²) in [5.74, 6) is 1.24. The fourth-order valence-electron chi connectivity index (χ4n) is 2.36. The molecule has 6 nitrogen and oxygen atoms in total. The topological polar surface area (TPSA) is 60.9 Å². The molecule has 0 saturated heterocycles. The number of aromatic nitrogens is 1. The summed E-state index contributed by atoms with van der Waals surface area (Å²) in [7, 11) is 3.21. The summed E-state index contributed by atoms with van der Waals surface area (Å²) in [4.78, 5) is 18.3. The molecule has 0 saturated carbocycles. The highest BCUT2D eigenvalue weighted by molar-refractivity contribution is 6.32. The van der Waals surface area contributed by atoms with Gasteiger partial charge in [-0.1, -0.05) is 11.6 Å². The van der Waals surface area contributed by atoms with Crippen molar-refractivity contribution < 1.29 is 19.0 Å². The quantitative estimate of drug-likeness (QED) is 0.852. The van der Waals surface area contributed by atoms with Crippen LogP contribution >= 0.6 is 11.6 Å². The van der Waals surface area contributed by atoms with Gasteiger partial charge in [-0.05, 0) is 18.2 Å². The van der Waals surface area contributed by atoms with Crippen LogP contribution in [0.3, 0.4) is 0 Å². The van der Waals surface area contributed by atoms with Crippen LogP contribution in [-0.4, -0.2) is 38.3 Å². The zero-order valence-electron chi connectivity index (χ0n) is 13.4. The Morgan fingerprint density at radius 2 is 2.08 bits per heavy atom. The summed E-state index contributed by atoms with van der Waals surface area (Å²) in [6.45, 7) is 1.07. The van der Waals surface area contributed by atoms with Crippen molar-refractivity contribution in [2.24, 2.45) is 0 Å². The summed E-state index contributed by atoms with van der Waals surface area (Å²) in [6, 6.07) is 6.70. The molecule has 126 valence electrons. The van der Waals surface area contributed by atoms with Crippen LogP contribution in [0.25, 0.3) is 0 Å². The SMILES string of the molecule is COc1ccc(N(C)C(=O)c2cc(Cl)c3c(c2)OCCCO3)cn1. The van der Waals surface area contributed by atoms with Gasteiger partial charge in [0.05, 0.1) is 37.2 Å². The molecule has 1 aromatic heterocycles. The van der Waals surface area contributed by atoms with Gasteiger partial charge in [0.2, 0.25) is 5.88 Å². The van der Waals surface area contributed by atoms with E-state index in [1.807, 2.05) is 0 Å². The normalized spacial score (nSPS) is 13.1. The Bertz CT molecular complexity index is 749. The Morgan fingerprint density at radius 1 is 1.29 bits per heavy atom. The van der Waals surface area contributed by atoms with Crippen LogP contribution < -0.4 is 19.1 Å². The molecular weight excluding hydrogens is 332 g/mol. The van der Waals surface area contributed by atoms with Gasteiger partial charge in [0.25, 0.3) is 5.91 Å². The van der Waals surface area contributed by atoms with Crippen molar-refractivity contribution in [2.45, 2.75) is 6.42 Å². The molecule has 2 aromatic rings. The molecule has 0 bridgehead atoms. The molecule has 1 aliphatic rings. The van der Waals surface area contributed by atoms with Crippen molar-refractivity contribution in [3.8, 4) is 17.4 Å². The average Bonchev–Trinajstić information content (AvgIpc) is 2.86. The highest BCUT2D eigenvalue weighted by atomic mass is 35.5. The maximum absolute atomic E-state index is 12.7. The lowest BCUT2D eigenvalue weighted by Crippen LogP contribution is -2.26. The number of nitrogens with zero attached hydrogens (tertiary/aromatic N) is 2. The van der Waals surface area contributed by atoms with Crippen molar-refractivity contribution in [1.29, 1.82) is 0 Å². The van der Waals surface area contributed by atoms with Gasteiger partial charge < -0.3 is 19.1 Å². The third kappa shape index (κ3) is 3.23. The molecule has 1 amide bonds. The van der Waals surface area contributed by atoms with E-state index in [1.54, 1.807) is 37.5 Å². The Balaban J connectivity index is 1.88. The molecule has 2 heterocycles. The molecule has 1 aliphatic heterocycles. The standard InChI is InChI=1S/C17H17ClN2O4/c1-20(12-4-5-15(22-2)19-10-12)17(21)11-8-13(18)16-14(9-11)23-6-3-7-24-16/h4-5,8-10H,3,6-7H2,1-2H3. The molecule has 7 heteroatoms. The van der Waals surface area contributed by atoms with Crippen molar-refractivity contribution >= 4 is 23.2 Å². The largest absolute Gasteiger partial charge is 0.489 e. The Hall–Kier alpha value is -2.47. The molecule has 24 heavy (non-hydrogen) atoms. The first-order chi connectivity index (χ1) is 11.6. The molecular formula is C17H17ClN2O4. The first-order valence-corrected chi connectivity index (χ1v) is 7.85. The molecule has 1 aromatic carbocycles. The molecule has 0 unspecified atom stereocenters. The van der Waals surface area contributed by atoms with Gasteiger partial charge in [0.1, 0.15) is 0 Å². The molecule has 0 N–H and O–H groups in total. The number of fused-ring (bicyclic) bond motifs is 1. The van der Waals surface area contributed by atoms with E-state index in [0.717, 1.165) is 6.42 Å². The van der Waals surface area contributed by atoms with Crippen molar-refractivity contribution in [1.82, 2.24) is 4.98 Å². The first-order valence-electron chi connectivity index (χ1n) is 7.47. The Kier molecular flexibility index (Phi) is 4.76. The van der Waals surface area contributed by atoms with Gasteiger partial charge in [-0.15, -0.1) is 0 Å². The van der Waals surface area contributed by atoms with E-state index < -0.39 is 0 Å². The summed E-state index contributed by atoms with van der Waals surface area (Å²) in [5.41, 5.74) is 1.06. The van der Waals surface area contributed by atoms with Crippen LogP contribution in [0, 0.1) is 0 Å². The second kappa shape index (κ2) is 6.97. The predicted molar refractivity (Wildman–Crippen MR) is 90.6 cm³/mol. The van der Waals surface area contributed by atoms with E-state index in [-0.39, 0.29) is 5.91 Å². The number of hydrogen-bond acceptors (Lipinski definition) is 5. The van der Waals surface area contributed by atoms with E-state index in [1.165, 1.54) is 12.0 Å². The first kappa shape index (κ1) is 16.4. The zero-order chi connectivity index (χ0) is 17.1. The number of anilines is 1. The lowest BCUT2D eigenvalue weighted by Gasteiger charge is -2.18. The van der Waals surface area contributed by atoms with E-state index in [4.69, 9.17) is 25.8 Å². The van der Waals surface area contributed by atoms with Gasteiger partial charge in [0, 0.05) is 25.1 Å². The van der Waals surface area contributed by atoms with Gasteiger partial charge >= 0.3 is 0 Å². The van der Waals surface area contributed by atoms with Gasteiger partial charge in [0.15, 0.2) is 11.5 Å². The second-order valence-corrected chi connectivity index (χ2v) is 5.67. The third-order valence-electron chi connectivity index (χ3n) is 3.67. The fourth-order valence-corrected chi connectivity index (χ4v) is 2.62. The predicted octanol–water partition coefficient (Wildman–Crippen LogP) is 3.18. The van der Waals surface area contributed by atoms with Crippen LogP contribution in [0.15, 0.2) is 30.5 Å². The maximum Gasteiger partial charge on any atom is 0.258 e. The molecule has 3 rings (SSSR count). The van der Waals surface area contributed by atoms with Crippen LogP contribution in [0.4, 0.5) is 5.69 Å². The van der Waals surface area contributed by atoms with E-state index in [0.29, 0.717) is 46.9 Å². The monoisotopic (exact) mass is 348 g/mol. The lowest BCUT2D eigenvalue weighted by molar-refractivity contribution is 0.0992. The van der Waals surface area contributed by atoms with Crippen LogP contribution in [0.5, 0.6) is 17.4 Å². The minimum atomic E-state index is -0.223. The Labute approximate surface area is 144 Å². The average molecular weight is 349 g/mol. The van der Waals surface area contributed by atoms with E-state index in [9.17, 15) is 4.79 Å². The number of rotatable bonds is 3. The minimum Gasteiger partial charge on any atom is -0.489 e. The maximum atomic E-state index is 12.7. The van der Waals surface area contributed by atoms with Crippen LogP contribution in [0.2, 0.25) is 5.02 Å². The van der Waals surface area contributed by atoms with Gasteiger partial charge in [-0.25, -0.2) is 4.98 Å². The van der Waals surface area contributed by atoms with E-state index >= 15 is 0 Å². The molecule has 0 fully saturated rings. The van der Waals surface area contributed by atoms with Crippen LogP contribution in [-0.2, 0) is 0 Å². The van der Waals surface area contributed by atoms with Crippen molar-refractivity contribution in [2.75, 3.05) is 32.3 Å². The number of methoxy groups -OCH3 is 1. The van der Waals surface area contributed by atoms with Crippen molar-refractivity contribution in [3.05, 3.63) is 41.0 Å². The number of ether oxygens (including phenoxy) is 3. The summed E-state index contributed by atoms with van der Waals surface area (Å²) in [5, 5.41) is 0.360. The molecule has 0 spiro atoms. The zero-order valence-corrected chi connectivity index (χ0v) is 14.2. The second-order valence-electron chi connectivity index (χ2n) is 5.26. The Morgan fingerprint density at radius 3 is 2.79 bits per heavy atom. The lowest BCUT2D eigenvalue weighted by atomic mass is 10.1. The number of pyridine rings is 1. The smallest absolute Gasteiger partial charge is 0.258 e. The number of halogens is 1. The van der Waals surface area contributed by atoms with Gasteiger partial charge in [-0.2, -0.15) is 0 Å². The number of benzene rings is 1. The summed E-state index contributed by atoms with van der Waals surface area (Å²) < 4.78 is 16.2. The summed E-state index contributed by atoms with van der Waals surface area (Å²) >= 11 is 6.25. The highest BCUT2D eigenvalue weighted by Gasteiger charge is 2.21. The molecule has 0 radical (unpaired) electrons. The molecule has 0 atom stereocenters.